The molecule has 1 rings (SSSR count). The van der Waals surface area contributed by atoms with Crippen molar-refractivity contribution in [2.24, 2.45) is 0 Å². The molecule has 6 nitrogen and oxygen atoms in total. The van der Waals surface area contributed by atoms with Gasteiger partial charge in [-0.1, -0.05) is 0 Å². The van der Waals surface area contributed by atoms with E-state index in [4.69, 9.17) is 0 Å². The van der Waals surface area contributed by atoms with Gasteiger partial charge in [0.25, 0.3) is 0 Å². The maximum absolute atomic E-state index is 10.8. The van der Waals surface area contributed by atoms with E-state index >= 15 is 0 Å². The first-order chi connectivity index (χ1) is 8.02. The zero-order valence-electron chi connectivity index (χ0n) is 9.81. The van der Waals surface area contributed by atoms with Crippen molar-refractivity contribution in [1.29, 1.82) is 0 Å². The van der Waals surface area contributed by atoms with Crippen LogP contribution in [0.25, 0.3) is 0 Å². The molecule has 0 amide bonds. The smallest absolute Gasteiger partial charge is 0.311 e. The van der Waals surface area contributed by atoms with Crippen LogP contribution in [-0.4, -0.2) is 42.0 Å². The molecule has 1 aromatic rings. The fourth-order valence-corrected chi connectivity index (χ4v) is 1.81. The van der Waals surface area contributed by atoms with Crippen molar-refractivity contribution in [1.82, 2.24) is 9.88 Å². The van der Waals surface area contributed by atoms with E-state index in [0.717, 1.165) is 13.0 Å². The number of aromatic nitrogens is 1. The van der Waals surface area contributed by atoms with Crippen molar-refractivity contribution in [3.05, 3.63) is 27.0 Å². The zero-order valence-corrected chi connectivity index (χ0v) is 11.4. The van der Waals surface area contributed by atoms with Crippen LogP contribution >= 0.6 is 15.9 Å². The molecule has 1 aromatic heterocycles. The van der Waals surface area contributed by atoms with E-state index in [1.54, 1.807) is 6.20 Å². The molecule has 1 heterocycles. The second kappa shape index (κ2) is 6.51. The highest BCUT2D eigenvalue weighted by Crippen LogP contribution is 2.30. The Bertz CT molecular complexity index is 398. The van der Waals surface area contributed by atoms with E-state index in [0.29, 0.717) is 16.7 Å². The minimum atomic E-state index is -0.438. The van der Waals surface area contributed by atoms with Crippen molar-refractivity contribution in [3.63, 3.8) is 0 Å². The predicted octanol–water partition coefficient (Wildman–Crippen LogP) is 2.12. The van der Waals surface area contributed by atoms with Crippen molar-refractivity contribution in [2.75, 3.05) is 32.5 Å². The Hall–Kier alpha value is -1.21. The third-order valence-electron chi connectivity index (χ3n) is 2.16. The van der Waals surface area contributed by atoms with Crippen molar-refractivity contribution in [2.45, 2.75) is 6.42 Å². The highest BCUT2D eigenvalue weighted by molar-refractivity contribution is 9.10. The van der Waals surface area contributed by atoms with Gasteiger partial charge in [-0.05, 0) is 43.0 Å². The molecule has 0 aromatic carbocycles. The summed E-state index contributed by atoms with van der Waals surface area (Å²) >= 11 is 3.26. The summed E-state index contributed by atoms with van der Waals surface area (Å²) in [7, 11) is 3.98. The van der Waals surface area contributed by atoms with Crippen molar-refractivity contribution >= 4 is 27.3 Å². The average Bonchev–Trinajstić information content (AvgIpc) is 2.25. The molecule has 0 bridgehead atoms. The lowest BCUT2D eigenvalue weighted by molar-refractivity contribution is -0.384. The van der Waals surface area contributed by atoms with Crippen molar-refractivity contribution < 1.29 is 4.92 Å². The summed E-state index contributed by atoms with van der Waals surface area (Å²) < 4.78 is 0.608. The van der Waals surface area contributed by atoms with Gasteiger partial charge < -0.3 is 10.2 Å². The molecule has 7 heteroatoms. The highest BCUT2D eigenvalue weighted by Gasteiger charge is 2.16. The molecule has 0 radical (unpaired) electrons. The number of pyridine rings is 1. The first kappa shape index (κ1) is 13.9. The lowest BCUT2D eigenvalue weighted by Gasteiger charge is -2.11. The van der Waals surface area contributed by atoms with Gasteiger partial charge in [0.2, 0.25) is 0 Å². The maximum atomic E-state index is 10.8. The summed E-state index contributed by atoms with van der Waals surface area (Å²) in [6.45, 7) is 1.62. The van der Waals surface area contributed by atoms with Crippen LogP contribution in [0.5, 0.6) is 0 Å². The summed E-state index contributed by atoms with van der Waals surface area (Å²) in [4.78, 5) is 16.2. The molecule has 0 aliphatic heterocycles. The SMILES string of the molecule is CN(C)CCCNc1c(Br)cncc1[N+](=O)[O-]. The van der Waals surface area contributed by atoms with Crippen LogP contribution < -0.4 is 5.32 Å². The second-order valence-electron chi connectivity index (χ2n) is 3.86. The van der Waals surface area contributed by atoms with E-state index < -0.39 is 4.92 Å². The zero-order chi connectivity index (χ0) is 12.8. The number of hydrogen-bond donors (Lipinski definition) is 1. The van der Waals surface area contributed by atoms with Gasteiger partial charge in [-0.25, -0.2) is 0 Å². The first-order valence-corrected chi connectivity index (χ1v) is 5.98. The molecule has 17 heavy (non-hydrogen) atoms. The lowest BCUT2D eigenvalue weighted by Crippen LogP contribution is -2.16. The van der Waals surface area contributed by atoms with Gasteiger partial charge in [0.15, 0.2) is 0 Å². The van der Waals surface area contributed by atoms with Crippen LogP contribution in [-0.2, 0) is 0 Å². The van der Waals surface area contributed by atoms with Gasteiger partial charge in [0, 0.05) is 12.7 Å². The maximum Gasteiger partial charge on any atom is 0.311 e. The standard InChI is InChI=1S/C10H15BrN4O2/c1-14(2)5-3-4-13-10-8(11)6-12-7-9(10)15(16)17/h6-7H,3-5H2,1-2H3,(H,12,13). The molecule has 94 valence electrons. The van der Waals surface area contributed by atoms with Crippen molar-refractivity contribution in [3.8, 4) is 0 Å². The normalized spacial score (nSPS) is 10.6. The van der Waals surface area contributed by atoms with E-state index in [-0.39, 0.29) is 5.69 Å². The number of anilines is 1. The fraction of sp³-hybridized carbons (Fsp3) is 0.500. The highest BCUT2D eigenvalue weighted by atomic mass is 79.9. The van der Waals surface area contributed by atoms with Crippen LogP contribution in [0.2, 0.25) is 0 Å². The molecular weight excluding hydrogens is 288 g/mol. The topological polar surface area (TPSA) is 71.3 Å². The Morgan fingerprint density at radius 3 is 2.82 bits per heavy atom. The number of halogens is 1. The molecule has 0 saturated carbocycles. The monoisotopic (exact) mass is 302 g/mol. The number of rotatable bonds is 6. The lowest BCUT2D eigenvalue weighted by atomic mass is 10.3. The van der Waals surface area contributed by atoms with Crippen LogP contribution in [0.3, 0.4) is 0 Å². The van der Waals surface area contributed by atoms with Gasteiger partial charge in [0.1, 0.15) is 11.9 Å². The number of nitro groups is 1. The largest absolute Gasteiger partial charge is 0.378 e. The molecule has 0 aliphatic rings. The van der Waals surface area contributed by atoms with Gasteiger partial charge in [-0.3, -0.25) is 15.1 Å². The molecule has 1 N–H and O–H groups in total. The fourth-order valence-electron chi connectivity index (χ4n) is 1.35. The van der Waals surface area contributed by atoms with Crippen LogP contribution in [0.4, 0.5) is 11.4 Å². The molecule has 0 unspecified atom stereocenters. The van der Waals surface area contributed by atoms with Crippen LogP contribution in [0.1, 0.15) is 6.42 Å². The van der Waals surface area contributed by atoms with Gasteiger partial charge in [0.05, 0.1) is 9.40 Å². The molecule has 0 saturated heterocycles. The Morgan fingerprint density at radius 2 is 2.24 bits per heavy atom. The van der Waals surface area contributed by atoms with E-state index in [1.807, 2.05) is 14.1 Å². The van der Waals surface area contributed by atoms with Gasteiger partial charge in [-0.15, -0.1) is 0 Å². The molecule has 0 spiro atoms. The Balaban J connectivity index is 2.66. The van der Waals surface area contributed by atoms with Crippen LogP contribution in [0.15, 0.2) is 16.9 Å². The van der Waals surface area contributed by atoms with E-state index in [1.165, 1.54) is 6.20 Å². The number of hydrogen-bond acceptors (Lipinski definition) is 5. The molecular formula is C10H15BrN4O2. The summed E-state index contributed by atoms with van der Waals surface area (Å²) in [5.41, 5.74) is 0.480. The summed E-state index contributed by atoms with van der Waals surface area (Å²) in [6.07, 6.45) is 3.71. The third kappa shape index (κ3) is 4.27. The first-order valence-electron chi connectivity index (χ1n) is 5.19. The van der Waals surface area contributed by atoms with Crippen LogP contribution in [0, 0.1) is 10.1 Å². The molecule has 0 aliphatic carbocycles. The summed E-state index contributed by atoms with van der Waals surface area (Å²) in [5, 5.41) is 13.9. The minimum Gasteiger partial charge on any atom is -0.378 e. The Labute approximate surface area is 108 Å². The average molecular weight is 303 g/mol. The van der Waals surface area contributed by atoms with E-state index in [9.17, 15) is 10.1 Å². The van der Waals surface area contributed by atoms with Gasteiger partial charge >= 0.3 is 5.69 Å². The quantitative estimate of drug-likeness (QED) is 0.495. The predicted molar refractivity (Wildman–Crippen MR) is 70.3 cm³/mol. The number of nitrogens with one attached hydrogen (secondary N) is 1. The number of nitrogens with zero attached hydrogens (tertiary/aromatic N) is 3. The minimum absolute atomic E-state index is 0.00997. The Kier molecular flexibility index (Phi) is 5.30. The molecule has 0 atom stereocenters. The third-order valence-corrected chi connectivity index (χ3v) is 2.76. The second-order valence-corrected chi connectivity index (χ2v) is 4.71. The Morgan fingerprint density at radius 1 is 1.53 bits per heavy atom. The van der Waals surface area contributed by atoms with E-state index in [2.05, 4.69) is 31.1 Å². The van der Waals surface area contributed by atoms with Gasteiger partial charge in [-0.2, -0.15) is 0 Å². The molecule has 0 fully saturated rings. The summed E-state index contributed by atoms with van der Waals surface area (Å²) in [5.74, 6) is 0. The summed E-state index contributed by atoms with van der Waals surface area (Å²) in [6, 6.07) is 0.